The second kappa shape index (κ2) is 10.3. The maximum atomic E-state index is 12.2. The fourth-order valence-corrected chi connectivity index (χ4v) is 2.68. The molecule has 0 saturated carbocycles. The number of nitrogens with zero attached hydrogens (tertiary/aromatic N) is 1. The van der Waals surface area contributed by atoms with Crippen LogP contribution < -0.4 is 11.1 Å². The zero-order chi connectivity index (χ0) is 16.7. The van der Waals surface area contributed by atoms with E-state index in [1.54, 1.807) is 0 Å². The zero-order valence-electron chi connectivity index (χ0n) is 14.0. The molecule has 7 heteroatoms. The van der Waals surface area contributed by atoms with Gasteiger partial charge in [0.1, 0.15) is 0 Å². The quantitative estimate of drug-likeness (QED) is 0.686. The van der Waals surface area contributed by atoms with Gasteiger partial charge in [-0.2, -0.15) is 0 Å². The van der Waals surface area contributed by atoms with Gasteiger partial charge in [-0.3, -0.25) is 9.59 Å². The normalized spacial score (nSPS) is 13.8. The van der Waals surface area contributed by atoms with Crippen LogP contribution in [-0.2, 0) is 27.4 Å². The van der Waals surface area contributed by atoms with Crippen LogP contribution in [0.1, 0.15) is 30.4 Å². The average molecular weight is 356 g/mol. The van der Waals surface area contributed by atoms with E-state index in [1.165, 1.54) is 18.2 Å². The first kappa shape index (κ1) is 20.4. The van der Waals surface area contributed by atoms with Crippen molar-refractivity contribution in [3.63, 3.8) is 0 Å². The van der Waals surface area contributed by atoms with E-state index < -0.39 is 0 Å². The first-order chi connectivity index (χ1) is 11.1. The largest absolute Gasteiger partial charge is 0.380 e. The van der Waals surface area contributed by atoms with E-state index in [1.807, 2.05) is 17.0 Å². The van der Waals surface area contributed by atoms with Crippen molar-refractivity contribution in [1.29, 1.82) is 0 Å². The zero-order valence-corrected chi connectivity index (χ0v) is 14.8. The van der Waals surface area contributed by atoms with Crippen molar-refractivity contribution in [3.05, 3.63) is 35.4 Å². The van der Waals surface area contributed by atoms with Crippen LogP contribution in [-0.4, -0.2) is 43.0 Å². The number of carbonyl (C=O) groups is 2. The molecule has 2 amide bonds. The van der Waals surface area contributed by atoms with E-state index in [0.717, 1.165) is 0 Å². The molecule has 24 heavy (non-hydrogen) atoms. The van der Waals surface area contributed by atoms with Gasteiger partial charge in [-0.25, -0.2) is 0 Å². The number of hydrogen-bond acceptors (Lipinski definition) is 4. The summed E-state index contributed by atoms with van der Waals surface area (Å²) in [5.41, 5.74) is 7.92. The number of ether oxygens (including phenoxy) is 1. The van der Waals surface area contributed by atoms with Crippen molar-refractivity contribution in [2.75, 3.05) is 20.2 Å². The molecule has 0 spiro atoms. The molecule has 3 N–H and O–H groups in total. The molecule has 1 aromatic carbocycles. The molecular formula is C17H26ClN3O3. The lowest BCUT2D eigenvalue weighted by Gasteiger charge is -2.16. The molecule has 134 valence electrons. The summed E-state index contributed by atoms with van der Waals surface area (Å²) >= 11 is 0. The number of nitrogens with two attached hydrogens (primary N) is 1. The predicted octanol–water partition coefficient (Wildman–Crippen LogP) is 1.21. The molecule has 6 nitrogen and oxygen atoms in total. The Morgan fingerprint density at radius 2 is 1.92 bits per heavy atom. The molecule has 0 saturated heterocycles. The summed E-state index contributed by atoms with van der Waals surface area (Å²) in [6.07, 6.45) is 1.08. The standard InChI is InChI=1S/C17H25N3O3.ClH/c1-23-15(10-18)9-16(21)19-8-4-7-17(22)20-11-13-5-2-3-6-14(13)12-20;/h2-3,5-6,15H,4,7-12,18H2,1H3,(H,19,21);1H. The van der Waals surface area contributed by atoms with Gasteiger partial charge in [0.15, 0.2) is 0 Å². The number of fused-ring (bicyclic) bond motifs is 1. The number of benzene rings is 1. The monoisotopic (exact) mass is 355 g/mol. The van der Waals surface area contributed by atoms with E-state index in [9.17, 15) is 9.59 Å². The third-order valence-corrected chi connectivity index (χ3v) is 4.09. The van der Waals surface area contributed by atoms with Crippen molar-refractivity contribution < 1.29 is 14.3 Å². The Hall–Kier alpha value is -1.63. The molecule has 1 aromatic rings. The summed E-state index contributed by atoms with van der Waals surface area (Å²) in [5.74, 6) is 0.0375. The Morgan fingerprint density at radius 1 is 1.29 bits per heavy atom. The van der Waals surface area contributed by atoms with Crippen molar-refractivity contribution in [3.8, 4) is 0 Å². The molecule has 0 fully saturated rings. The van der Waals surface area contributed by atoms with E-state index in [-0.39, 0.29) is 36.7 Å². The van der Waals surface area contributed by atoms with Crippen LogP contribution in [0.25, 0.3) is 0 Å². The third-order valence-electron chi connectivity index (χ3n) is 4.09. The van der Waals surface area contributed by atoms with Crippen LogP contribution in [0, 0.1) is 0 Å². The molecule has 0 aliphatic carbocycles. The van der Waals surface area contributed by atoms with Crippen LogP contribution in [0.15, 0.2) is 24.3 Å². The van der Waals surface area contributed by atoms with Gasteiger partial charge >= 0.3 is 0 Å². The topological polar surface area (TPSA) is 84.7 Å². The molecule has 0 aromatic heterocycles. The molecule has 1 heterocycles. The van der Waals surface area contributed by atoms with E-state index in [4.69, 9.17) is 10.5 Å². The SMILES string of the molecule is COC(CN)CC(=O)NCCCC(=O)N1Cc2ccccc2C1.Cl. The summed E-state index contributed by atoms with van der Waals surface area (Å²) in [6, 6.07) is 8.12. The summed E-state index contributed by atoms with van der Waals surface area (Å²) in [7, 11) is 1.54. The van der Waals surface area contributed by atoms with E-state index in [2.05, 4.69) is 17.4 Å². The highest BCUT2D eigenvalue weighted by molar-refractivity contribution is 5.85. The van der Waals surface area contributed by atoms with Gasteiger partial charge < -0.3 is 20.7 Å². The Labute approximate surface area is 149 Å². The molecule has 0 bridgehead atoms. The predicted molar refractivity (Wildman–Crippen MR) is 94.7 cm³/mol. The van der Waals surface area contributed by atoms with Gasteiger partial charge in [0.05, 0.1) is 12.5 Å². The lowest BCUT2D eigenvalue weighted by atomic mass is 10.1. The average Bonchev–Trinajstić information content (AvgIpc) is 3.00. The number of methoxy groups -OCH3 is 1. The lowest BCUT2D eigenvalue weighted by molar-refractivity contribution is -0.132. The minimum atomic E-state index is -0.250. The fourth-order valence-electron chi connectivity index (χ4n) is 2.68. The fraction of sp³-hybridized carbons (Fsp3) is 0.529. The summed E-state index contributed by atoms with van der Waals surface area (Å²) in [4.78, 5) is 25.7. The highest BCUT2D eigenvalue weighted by Gasteiger charge is 2.22. The van der Waals surface area contributed by atoms with Crippen molar-refractivity contribution in [2.24, 2.45) is 5.73 Å². The van der Waals surface area contributed by atoms with Crippen LogP contribution in [0.4, 0.5) is 0 Å². The van der Waals surface area contributed by atoms with Crippen LogP contribution >= 0.6 is 12.4 Å². The second-order valence-corrected chi connectivity index (χ2v) is 5.77. The van der Waals surface area contributed by atoms with Crippen molar-refractivity contribution in [2.45, 2.75) is 38.5 Å². The Morgan fingerprint density at radius 3 is 2.46 bits per heavy atom. The summed E-state index contributed by atoms with van der Waals surface area (Å²) in [5, 5.41) is 2.80. The van der Waals surface area contributed by atoms with E-state index in [0.29, 0.717) is 39.0 Å². The highest BCUT2D eigenvalue weighted by atomic mass is 35.5. The second-order valence-electron chi connectivity index (χ2n) is 5.77. The van der Waals surface area contributed by atoms with Crippen molar-refractivity contribution in [1.82, 2.24) is 10.2 Å². The summed E-state index contributed by atoms with van der Waals surface area (Å²) in [6.45, 7) is 2.19. The number of hydrogen-bond donors (Lipinski definition) is 2. The number of amides is 2. The molecule has 0 radical (unpaired) electrons. The Kier molecular flexibility index (Phi) is 8.74. The Bertz CT molecular complexity index is 525. The maximum absolute atomic E-state index is 12.2. The first-order valence-electron chi connectivity index (χ1n) is 7.98. The van der Waals surface area contributed by atoms with Gasteiger partial charge in [0.25, 0.3) is 0 Å². The van der Waals surface area contributed by atoms with Crippen molar-refractivity contribution >= 4 is 24.2 Å². The minimum absolute atomic E-state index is 0. The molecule has 1 unspecified atom stereocenters. The number of halogens is 1. The van der Waals surface area contributed by atoms with E-state index >= 15 is 0 Å². The molecular weight excluding hydrogens is 330 g/mol. The third kappa shape index (κ3) is 5.78. The van der Waals surface area contributed by atoms with Crippen LogP contribution in [0.3, 0.4) is 0 Å². The molecule has 1 atom stereocenters. The first-order valence-corrected chi connectivity index (χ1v) is 7.98. The number of nitrogens with one attached hydrogen (secondary N) is 1. The number of rotatable bonds is 8. The minimum Gasteiger partial charge on any atom is -0.380 e. The van der Waals surface area contributed by atoms with Gasteiger partial charge in [-0.05, 0) is 17.5 Å². The van der Waals surface area contributed by atoms with Gasteiger partial charge in [-0.15, -0.1) is 12.4 Å². The highest BCUT2D eigenvalue weighted by Crippen LogP contribution is 2.22. The van der Waals surface area contributed by atoms with Crippen LogP contribution in [0.2, 0.25) is 0 Å². The smallest absolute Gasteiger partial charge is 0.223 e. The van der Waals surface area contributed by atoms with Gasteiger partial charge in [-0.1, -0.05) is 24.3 Å². The lowest BCUT2D eigenvalue weighted by Crippen LogP contribution is -2.33. The maximum Gasteiger partial charge on any atom is 0.223 e. The molecule has 2 rings (SSSR count). The van der Waals surface area contributed by atoms with Gasteiger partial charge in [0, 0.05) is 39.7 Å². The molecule has 1 aliphatic heterocycles. The van der Waals surface area contributed by atoms with Crippen LogP contribution in [0.5, 0.6) is 0 Å². The summed E-state index contributed by atoms with van der Waals surface area (Å²) < 4.78 is 5.07. The van der Waals surface area contributed by atoms with Gasteiger partial charge in [0.2, 0.25) is 11.8 Å². The number of carbonyl (C=O) groups excluding carboxylic acids is 2. The Balaban J connectivity index is 0.00000288. The molecule has 1 aliphatic rings.